The molecule has 2 N–H and O–H groups in total. The third-order valence-corrected chi connectivity index (χ3v) is 3.45. The second kappa shape index (κ2) is 3.80. The molecular formula is C9H7ClN2O3S. The molecule has 84 valence electrons. The molecule has 0 aliphatic carbocycles. The van der Waals surface area contributed by atoms with Crippen molar-refractivity contribution >= 4 is 26.7 Å². The van der Waals surface area contributed by atoms with Crippen molar-refractivity contribution in [2.75, 3.05) is 0 Å². The van der Waals surface area contributed by atoms with Crippen LogP contribution in [0.25, 0.3) is 0 Å². The van der Waals surface area contributed by atoms with Gasteiger partial charge in [-0.1, -0.05) is 17.7 Å². The monoisotopic (exact) mass is 258 g/mol. The van der Waals surface area contributed by atoms with E-state index in [9.17, 15) is 8.42 Å². The Bertz CT molecular complexity index is 593. The summed E-state index contributed by atoms with van der Waals surface area (Å²) in [4.78, 5) is 3.57. The number of hydrogen-bond donors (Lipinski definition) is 1. The quantitative estimate of drug-likeness (QED) is 0.822. The van der Waals surface area contributed by atoms with E-state index in [0.29, 0.717) is 5.02 Å². The van der Waals surface area contributed by atoms with E-state index < -0.39 is 15.1 Å². The highest BCUT2D eigenvalue weighted by molar-refractivity contribution is 8.09. The van der Waals surface area contributed by atoms with Crippen LogP contribution in [-0.2, 0) is 9.84 Å². The predicted molar refractivity (Wildman–Crippen MR) is 60.7 cm³/mol. The average molecular weight is 259 g/mol. The SMILES string of the molecule is NC1=CN=C(Oc2cccc(Cl)c2)S1(=O)=O. The lowest BCUT2D eigenvalue weighted by molar-refractivity contribution is 0.549. The molecular weight excluding hydrogens is 252 g/mol. The zero-order valence-electron chi connectivity index (χ0n) is 7.92. The molecule has 1 aromatic rings. The molecule has 5 nitrogen and oxygen atoms in total. The molecule has 0 saturated carbocycles. The Labute approximate surface area is 97.1 Å². The number of aliphatic imine (C=N–C) groups is 1. The van der Waals surface area contributed by atoms with E-state index in [1.165, 1.54) is 6.07 Å². The lowest BCUT2D eigenvalue weighted by Crippen LogP contribution is -2.22. The molecule has 0 fully saturated rings. The number of ether oxygens (including phenoxy) is 1. The van der Waals surface area contributed by atoms with Crippen LogP contribution < -0.4 is 10.5 Å². The van der Waals surface area contributed by atoms with Gasteiger partial charge in [-0.2, -0.15) is 0 Å². The van der Waals surface area contributed by atoms with Gasteiger partial charge in [-0.15, -0.1) is 0 Å². The molecule has 0 bridgehead atoms. The maximum atomic E-state index is 11.5. The maximum Gasteiger partial charge on any atom is 0.321 e. The summed E-state index contributed by atoms with van der Waals surface area (Å²) in [5.74, 6) is 0.290. The second-order valence-corrected chi connectivity index (χ2v) is 5.25. The van der Waals surface area contributed by atoms with E-state index >= 15 is 0 Å². The summed E-state index contributed by atoms with van der Waals surface area (Å²) in [7, 11) is -3.75. The highest BCUT2D eigenvalue weighted by Crippen LogP contribution is 2.21. The van der Waals surface area contributed by atoms with Crippen LogP contribution in [0.4, 0.5) is 0 Å². The smallest absolute Gasteiger partial charge is 0.321 e. The molecule has 1 aromatic carbocycles. The molecule has 0 aromatic heterocycles. The average Bonchev–Trinajstić information content (AvgIpc) is 2.45. The zero-order valence-corrected chi connectivity index (χ0v) is 9.49. The van der Waals surface area contributed by atoms with Crippen LogP contribution in [0, 0.1) is 0 Å². The third-order valence-electron chi connectivity index (χ3n) is 1.84. The summed E-state index contributed by atoms with van der Waals surface area (Å²) in [5, 5.41) is -0.328. The van der Waals surface area contributed by atoms with Gasteiger partial charge in [-0.3, -0.25) is 0 Å². The summed E-state index contributed by atoms with van der Waals surface area (Å²) in [6.45, 7) is 0. The Hall–Kier alpha value is -1.53. The van der Waals surface area contributed by atoms with Crippen LogP contribution in [0.15, 0.2) is 40.5 Å². The van der Waals surface area contributed by atoms with Gasteiger partial charge in [0.2, 0.25) is 0 Å². The number of benzene rings is 1. The van der Waals surface area contributed by atoms with Gasteiger partial charge >= 0.3 is 5.23 Å². The lowest BCUT2D eigenvalue weighted by atomic mass is 10.3. The van der Waals surface area contributed by atoms with Gasteiger partial charge in [0.25, 0.3) is 9.84 Å². The summed E-state index contributed by atoms with van der Waals surface area (Å²) in [6.07, 6.45) is 1.04. The number of halogens is 1. The Morgan fingerprint density at radius 1 is 1.38 bits per heavy atom. The van der Waals surface area contributed by atoms with Gasteiger partial charge in [0, 0.05) is 5.02 Å². The minimum atomic E-state index is -3.75. The molecule has 0 unspecified atom stereocenters. The third kappa shape index (κ3) is 1.89. The van der Waals surface area contributed by atoms with Crippen LogP contribution >= 0.6 is 11.6 Å². The molecule has 1 heterocycles. The number of nitrogens with zero attached hydrogens (tertiary/aromatic N) is 1. The first-order valence-electron chi connectivity index (χ1n) is 4.22. The molecule has 0 saturated heterocycles. The largest absolute Gasteiger partial charge is 0.430 e. The van der Waals surface area contributed by atoms with Gasteiger partial charge in [0.05, 0.1) is 6.20 Å². The summed E-state index contributed by atoms with van der Waals surface area (Å²) < 4.78 is 28.1. The minimum Gasteiger partial charge on any atom is -0.430 e. The molecule has 0 radical (unpaired) electrons. The Morgan fingerprint density at radius 2 is 2.12 bits per heavy atom. The fourth-order valence-corrected chi connectivity index (χ4v) is 2.04. The topological polar surface area (TPSA) is 81.8 Å². The fraction of sp³-hybridized carbons (Fsp3) is 0. The van der Waals surface area contributed by atoms with Crippen LogP contribution in [-0.4, -0.2) is 13.6 Å². The van der Waals surface area contributed by atoms with Crippen molar-refractivity contribution in [3.63, 3.8) is 0 Å². The molecule has 1 aliphatic rings. The number of rotatable bonds is 1. The van der Waals surface area contributed by atoms with E-state index in [1.807, 2.05) is 0 Å². The van der Waals surface area contributed by atoms with E-state index in [2.05, 4.69) is 4.99 Å². The highest BCUT2D eigenvalue weighted by atomic mass is 35.5. The maximum absolute atomic E-state index is 11.5. The van der Waals surface area contributed by atoms with Gasteiger partial charge < -0.3 is 10.5 Å². The lowest BCUT2D eigenvalue weighted by Gasteiger charge is -2.05. The van der Waals surface area contributed by atoms with Crippen LogP contribution in [0.1, 0.15) is 0 Å². The van der Waals surface area contributed by atoms with E-state index in [0.717, 1.165) is 6.20 Å². The number of sulfone groups is 1. The highest BCUT2D eigenvalue weighted by Gasteiger charge is 2.30. The fourth-order valence-electron chi connectivity index (χ4n) is 1.07. The summed E-state index contributed by atoms with van der Waals surface area (Å²) in [6, 6.07) is 6.33. The molecule has 2 rings (SSSR count). The van der Waals surface area contributed by atoms with E-state index in [4.69, 9.17) is 22.1 Å². The summed E-state index contributed by atoms with van der Waals surface area (Å²) >= 11 is 5.72. The van der Waals surface area contributed by atoms with Crippen molar-refractivity contribution in [1.82, 2.24) is 0 Å². The van der Waals surface area contributed by atoms with Crippen molar-refractivity contribution in [1.29, 1.82) is 0 Å². The Balaban J connectivity index is 2.26. The minimum absolute atomic E-state index is 0.290. The Morgan fingerprint density at radius 3 is 2.69 bits per heavy atom. The van der Waals surface area contributed by atoms with Gasteiger partial charge in [-0.25, -0.2) is 13.4 Å². The first kappa shape index (κ1) is 11.0. The van der Waals surface area contributed by atoms with Gasteiger partial charge in [0.15, 0.2) is 5.03 Å². The number of hydrogen-bond acceptors (Lipinski definition) is 5. The molecule has 16 heavy (non-hydrogen) atoms. The number of nitrogens with two attached hydrogens (primary N) is 1. The first-order chi connectivity index (χ1) is 7.50. The molecule has 0 atom stereocenters. The van der Waals surface area contributed by atoms with E-state index in [-0.39, 0.29) is 10.8 Å². The molecule has 7 heteroatoms. The van der Waals surface area contributed by atoms with Crippen LogP contribution in [0.3, 0.4) is 0 Å². The van der Waals surface area contributed by atoms with Crippen molar-refractivity contribution < 1.29 is 13.2 Å². The summed E-state index contributed by atoms with van der Waals surface area (Å²) in [5.41, 5.74) is 5.24. The normalized spacial score (nSPS) is 17.8. The van der Waals surface area contributed by atoms with Crippen molar-refractivity contribution in [2.24, 2.45) is 10.7 Å². The van der Waals surface area contributed by atoms with Gasteiger partial charge in [-0.05, 0) is 18.2 Å². The predicted octanol–water partition coefficient (Wildman–Crippen LogP) is 1.26. The van der Waals surface area contributed by atoms with Crippen molar-refractivity contribution in [2.45, 2.75) is 0 Å². The van der Waals surface area contributed by atoms with E-state index in [1.54, 1.807) is 18.2 Å². The van der Waals surface area contributed by atoms with Crippen molar-refractivity contribution in [3.8, 4) is 5.75 Å². The van der Waals surface area contributed by atoms with Crippen LogP contribution in [0.2, 0.25) is 5.02 Å². The molecule has 0 amide bonds. The standard InChI is InChI=1S/C9H7ClN2O3S/c10-6-2-1-3-7(4-6)15-9-12-5-8(11)16(9,13)14/h1-5H,11H2. The Kier molecular flexibility index (Phi) is 2.61. The van der Waals surface area contributed by atoms with Crippen molar-refractivity contribution in [3.05, 3.63) is 40.5 Å². The molecule has 0 spiro atoms. The first-order valence-corrected chi connectivity index (χ1v) is 6.08. The second-order valence-electron chi connectivity index (χ2n) is 2.99. The van der Waals surface area contributed by atoms with Gasteiger partial charge in [0.1, 0.15) is 5.75 Å². The zero-order chi connectivity index (χ0) is 11.8. The molecule has 1 aliphatic heterocycles. The van der Waals surface area contributed by atoms with Crippen LogP contribution in [0.5, 0.6) is 5.75 Å².